The fraction of sp³-hybridized carbons (Fsp3) is 0.538. The quantitative estimate of drug-likeness (QED) is 0.851. The highest BCUT2D eigenvalue weighted by molar-refractivity contribution is 6.31. The molecule has 0 radical (unpaired) electrons. The van der Waals surface area contributed by atoms with Crippen molar-refractivity contribution in [1.29, 1.82) is 0 Å². The van der Waals surface area contributed by atoms with E-state index >= 15 is 0 Å². The Morgan fingerprint density at radius 1 is 1.41 bits per heavy atom. The summed E-state index contributed by atoms with van der Waals surface area (Å²) in [6.07, 6.45) is 0.654. The summed E-state index contributed by atoms with van der Waals surface area (Å²) in [6, 6.07) is 3.71. The highest BCUT2D eigenvalue weighted by Crippen LogP contribution is 2.34. The lowest BCUT2D eigenvalue weighted by molar-refractivity contribution is 0.260. The van der Waals surface area contributed by atoms with Gasteiger partial charge in [0.25, 0.3) is 0 Å². The second kappa shape index (κ2) is 5.61. The van der Waals surface area contributed by atoms with Crippen molar-refractivity contribution in [2.45, 2.75) is 32.7 Å². The topological polar surface area (TPSA) is 41.5 Å². The monoisotopic (exact) mass is 257 g/mol. The van der Waals surface area contributed by atoms with Gasteiger partial charge in [-0.15, -0.1) is 0 Å². The molecule has 0 heterocycles. The van der Waals surface area contributed by atoms with Gasteiger partial charge in [0.1, 0.15) is 5.75 Å². The summed E-state index contributed by atoms with van der Waals surface area (Å²) in [5, 5.41) is 13.0. The molecule has 0 aliphatic carbocycles. The second-order valence-corrected chi connectivity index (χ2v) is 5.22. The summed E-state index contributed by atoms with van der Waals surface area (Å²) in [5.41, 5.74) is 1.64. The Morgan fingerprint density at radius 2 is 2.06 bits per heavy atom. The first kappa shape index (κ1) is 14.1. The molecule has 2 N–H and O–H groups in total. The van der Waals surface area contributed by atoms with Gasteiger partial charge < -0.3 is 15.2 Å². The van der Waals surface area contributed by atoms with Crippen LogP contribution in [-0.4, -0.2) is 24.4 Å². The third-order valence-electron chi connectivity index (χ3n) is 2.65. The van der Waals surface area contributed by atoms with E-state index in [9.17, 15) is 0 Å². The van der Waals surface area contributed by atoms with Crippen molar-refractivity contribution in [2.24, 2.45) is 0 Å². The molecule has 1 aromatic carbocycles. The number of ether oxygens (including phenoxy) is 1. The van der Waals surface area contributed by atoms with Crippen LogP contribution in [0.3, 0.4) is 0 Å². The molecule has 0 saturated carbocycles. The Bertz CT molecular complexity index is 391. The molecule has 17 heavy (non-hydrogen) atoms. The third-order valence-corrected chi connectivity index (χ3v) is 2.87. The molecule has 0 fully saturated rings. The number of anilines is 1. The van der Waals surface area contributed by atoms with Gasteiger partial charge in [0.15, 0.2) is 0 Å². The van der Waals surface area contributed by atoms with Crippen molar-refractivity contribution in [3.05, 3.63) is 22.7 Å². The zero-order valence-corrected chi connectivity index (χ0v) is 11.6. The van der Waals surface area contributed by atoms with Crippen molar-refractivity contribution in [3.63, 3.8) is 0 Å². The minimum Gasteiger partial charge on any atom is -0.494 e. The summed E-state index contributed by atoms with van der Waals surface area (Å²) in [7, 11) is 1.64. The molecule has 0 atom stereocenters. The first-order valence-electron chi connectivity index (χ1n) is 5.63. The minimum absolute atomic E-state index is 0.141. The maximum Gasteiger partial charge on any atom is 0.144 e. The van der Waals surface area contributed by atoms with E-state index in [0.717, 1.165) is 17.0 Å². The van der Waals surface area contributed by atoms with E-state index in [4.69, 9.17) is 21.4 Å². The Kier molecular flexibility index (Phi) is 4.66. The molecule has 1 aromatic rings. The normalized spacial score (nSPS) is 11.4. The summed E-state index contributed by atoms with van der Waals surface area (Å²) < 4.78 is 5.37. The van der Waals surface area contributed by atoms with Gasteiger partial charge in [0, 0.05) is 17.2 Å². The molecular weight excluding hydrogens is 238 g/mol. The number of aliphatic hydroxyl groups excluding tert-OH is 1. The molecule has 0 unspecified atom stereocenters. The van der Waals surface area contributed by atoms with Crippen molar-refractivity contribution < 1.29 is 9.84 Å². The van der Waals surface area contributed by atoms with Gasteiger partial charge in [-0.1, -0.05) is 11.6 Å². The van der Waals surface area contributed by atoms with E-state index in [-0.39, 0.29) is 12.1 Å². The Labute approximate surface area is 108 Å². The van der Waals surface area contributed by atoms with Gasteiger partial charge in [-0.2, -0.15) is 0 Å². The van der Waals surface area contributed by atoms with Crippen LogP contribution < -0.4 is 10.1 Å². The lowest BCUT2D eigenvalue weighted by atomic mass is 10.0. The van der Waals surface area contributed by atoms with Crippen LogP contribution in [0.4, 0.5) is 5.69 Å². The maximum absolute atomic E-state index is 9.02. The summed E-state index contributed by atoms with van der Waals surface area (Å²) in [4.78, 5) is 0. The molecule has 1 rings (SSSR count). The Balaban J connectivity index is 3.04. The van der Waals surface area contributed by atoms with Crippen molar-refractivity contribution in [3.8, 4) is 5.75 Å². The standard InChI is InChI=1S/C13H20ClNO2/c1-9-7-10(14)8-11(12(9)17-4)15-13(2,3)5-6-16/h7-8,15-16H,5-6H2,1-4H3. The van der Waals surface area contributed by atoms with Gasteiger partial charge >= 0.3 is 0 Å². The number of aryl methyl sites for hydroxylation is 1. The summed E-state index contributed by atoms with van der Waals surface area (Å²) in [6.45, 7) is 6.15. The van der Waals surface area contributed by atoms with Crippen LogP contribution >= 0.6 is 11.6 Å². The summed E-state index contributed by atoms with van der Waals surface area (Å²) >= 11 is 6.04. The van der Waals surface area contributed by atoms with Crippen LogP contribution in [0.5, 0.6) is 5.75 Å². The Morgan fingerprint density at radius 3 is 2.59 bits per heavy atom. The maximum atomic E-state index is 9.02. The fourth-order valence-electron chi connectivity index (χ4n) is 1.80. The van der Waals surface area contributed by atoms with Crippen LogP contribution in [0.15, 0.2) is 12.1 Å². The number of hydrogen-bond acceptors (Lipinski definition) is 3. The van der Waals surface area contributed by atoms with Crippen LogP contribution in [0.1, 0.15) is 25.8 Å². The average molecular weight is 258 g/mol. The van der Waals surface area contributed by atoms with Gasteiger partial charge in [0.2, 0.25) is 0 Å². The molecule has 0 spiro atoms. The van der Waals surface area contributed by atoms with E-state index in [1.165, 1.54) is 0 Å². The molecule has 0 aliphatic heterocycles. The van der Waals surface area contributed by atoms with Crippen molar-refractivity contribution in [2.75, 3.05) is 19.0 Å². The molecule has 0 saturated heterocycles. The smallest absolute Gasteiger partial charge is 0.144 e. The zero-order valence-electron chi connectivity index (χ0n) is 10.8. The molecule has 0 aliphatic rings. The van der Waals surface area contributed by atoms with Crippen LogP contribution in [-0.2, 0) is 0 Å². The largest absolute Gasteiger partial charge is 0.494 e. The van der Waals surface area contributed by atoms with Crippen LogP contribution in [0.25, 0.3) is 0 Å². The van der Waals surface area contributed by atoms with Crippen LogP contribution in [0.2, 0.25) is 5.02 Å². The van der Waals surface area contributed by atoms with E-state index in [0.29, 0.717) is 11.4 Å². The van der Waals surface area contributed by atoms with E-state index in [1.807, 2.05) is 32.9 Å². The third kappa shape index (κ3) is 3.79. The Hall–Kier alpha value is -0.930. The first-order chi connectivity index (χ1) is 7.89. The number of nitrogens with one attached hydrogen (secondary N) is 1. The number of rotatable bonds is 5. The fourth-order valence-corrected chi connectivity index (χ4v) is 2.07. The predicted octanol–water partition coefficient (Wildman–Crippen LogP) is 3.23. The molecule has 4 heteroatoms. The minimum atomic E-state index is -0.209. The van der Waals surface area contributed by atoms with Crippen molar-refractivity contribution in [1.82, 2.24) is 0 Å². The number of halogens is 1. The van der Waals surface area contributed by atoms with E-state index in [2.05, 4.69) is 5.32 Å². The van der Waals surface area contributed by atoms with Gasteiger partial charge in [-0.25, -0.2) is 0 Å². The second-order valence-electron chi connectivity index (χ2n) is 4.79. The SMILES string of the molecule is COc1c(C)cc(Cl)cc1NC(C)(C)CCO. The van der Waals surface area contributed by atoms with E-state index < -0.39 is 0 Å². The molecular formula is C13H20ClNO2. The number of aliphatic hydroxyl groups is 1. The van der Waals surface area contributed by atoms with Gasteiger partial charge in [0.05, 0.1) is 12.8 Å². The van der Waals surface area contributed by atoms with Crippen molar-refractivity contribution >= 4 is 17.3 Å². The zero-order chi connectivity index (χ0) is 13.1. The number of methoxy groups -OCH3 is 1. The van der Waals surface area contributed by atoms with E-state index in [1.54, 1.807) is 7.11 Å². The van der Waals surface area contributed by atoms with Gasteiger partial charge in [-0.3, -0.25) is 0 Å². The first-order valence-corrected chi connectivity index (χ1v) is 6.00. The average Bonchev–Trinajstić information content (AvgIpc) is 2.15. The van der Waals surface area contributed by atoms with Gasteiger partial charge in [-0.05, 0) is 44.9 Å². The molecule has 0 aromatic heterocycles. The van der Waals surface area contributed by atoms with Crippen LogP contribution in [0, 0.1) is 6.92 Å². The number of benzene rings is 1. The molecule has 3 nitrogen and oxygen atoms in total. The molecule has 96 valence electrons. The molecule has 0 bridgehead atoms. The lowest BCUT2D eigenvalue weighted by Gasteiger charge is -2.28. The lowest BCUT2D eigenvalue weighted by Crippen LogP contribution is -2.32. The highest BCUT2D eigenvalue weighted by atomic mass is 35.5. The highest BCUT2D eigenvalue weighted by Gasteiger charge is 2.19. The summed E-state index contributed by atoms with van der Waals surface area (Å²) in [5.74, 6) is 0.792. The number of hydrogen-bond donors (Lipinski definition) is 2. The molecule has 0 amide bonds. The predicted molar refractivity (Wildman–Crippen MR) is 72.1 cm³/mol.